The maximum absolute atomic E-state index is 13.5. The number of unbranched alkanes of at least 4 members (excludes halogenated alkanes) is 1. The van der Waals surface area contributed by atoms with E-state index in [1.807, 2.05) is 39.0 Å². The molecule has 0 saturated carbocycles. The number of aromatic hydroxyl groups is 1. The third kappa shape index (κ3) is 8.34. The third-order valence-corrected chi connectivity index (χ3v) is 6.77. The van der Waals surface area contributed by atoms with E-state index in [-0.39, 0.29) is 31.5 Å². The Labute approximate surface area is 256 Å². The number of carboxylic acid groups (broad SMARTS) is 1. The molecule has 0 aliphatic rings. The first kappa shape index (κ1) is 32.0. The van der Waals surface area contributed by atoms with Gasteiger partial charge in [-0.15, -0.1) is 0 Å². The van der Waals surface area contributed by atoms with Gasteiger partial charge in [-0.25, -0.2) is 4.79 Å². The molecule has 2 aromatic carbocycles. The smallest absolute Gasteiger partial charge is 0.408 e. The quantitative estimate of drug-likeness (QED) is 0.134. The van der Waals surface area contributed by atoms with E-state index in [4.69, 9.17) is 10.5 Å². The SMILES string of the molecule is CCCCNc1nc(N)c2nc(O)n(Cc3ccc(NC(=O)[C@H](COC(C)(C)C)N(Cc4ccccc4)C(=O)O)cc3)c2n1. The lowest BCUT2D eigenvalue weighted by Crippen LogP contribution is -2.50. The number of amides is 2. The van der Waals surface area contributed by atoms with Crippen LogP contribution in [-0.4, -0.2) is 71.4 Å². The van der Waals surface area contributed by atoms with Gasteiger partial charge >= 0.3 is 6.09 Å². The second kappa shape index (κ2) is 14.0. The highest BCUT2D eigenvalue weighted by Crippen LogP contribution is 2.26. The van der Waals surface area contributed by atoms with E-state index >= 15 is 0 Å². The van der Waals surface area contributed by atoms with Gasteiger partial charge in [-0.05, 0) is 50.5 Å². The number of rotatable bonds is 13. The Balaban J connectivity index is 1.51. The molecule has 2 aromatic heterocycles. The van der Waals surface area contributed by atoms with Crippen LogP contribution in [-0.2, 0) is 22.6 Å². The Kier molecular flexibility index (Phi) is 10.2. The van der Waals surface area contributed by atoms with Crippen LogP contribution < -0.4 is 16.4 Å². The van der Waals surface area contributed by atoms with Crippen LogP contribution in [0.1, 0.15) is 51.7 Å². The Bertz CT molecular complexity index is 1570. The van der Waals surface area contributed by atoms with Crippen LogP contribution in [0.3, 0.4) is 0 Å². The van der Waals surface area contributed by atoms with Gasteiger partial charge in [0.2, 0.25) is 11.9 Å². The van der Waals surface area contributed by atoms with Crippen LogP contribution in [0.4, 0.5) is 22.2 Å². The number of anilines is 3. The second-order valence-electron chi connectivity index (χ2n) is 11.4. The molecule has 1 atom stereocenters. The lowest BCUT2D eigenvalue weighted by molar-refractivity contribution is -0.125. The zero-order chi connectivity index (χ0) is 31.9. The van der Waals surface area contributed by atoms with Crippen LogP contribution in [0, 0.1) is 0 Å². The minimum absolute atomic E-state index is 0.0208. The first-order valence-corrected chi connectivity index (χ1v) is 14.5. The predicted octanol–water partition coefficient (Wildman–Crippen LogP) is 4.68. The van der Waals surface area contributed by atoms with Crippen molar-refractivity contribution in [1.29, 1.82) is 0 Å². The molecule has 234 valence electrons. The van der Waals surface area contributed by atoms with Crippen LogP contribution in [0.25, 0.3) is 11.2 Å². The number of fused-ring (bicyclic) bond motifs is 1. The summed E-state index contributed by atoms with van der Waals surface area (Å²) in [4.78, 5) is 39.7. The standard InChI is InChI=1S/C31H40N8O5/c1-5-6-16-33-28-36-25(32)24-26(37-28)39(29(41)35-24)18-21-12-14-22(15-13-21)34-27(40)23(19-44-31(2,3)4)38(30(42)43)17-20-10-8-7-9-11-20/h7-15,23H,5-6,16-19H2,1-4H3,(H,34,40)(H,35,41)(H,42,43)(H3,32,33,36,37)/t23-/m0/s1. The van der Waals surface area contributed by atoms with Gasteiger partial charge in [-0.1, -0.05) is 55.8 Å². The van der Waals surface area contributed by atoms with Crippen LogP contribution >= 0.6 is 0 Å². The maximum Gasteiger partial charge on any atom is 0.408 e. The number of carbonyl (C=O) groups excluding carboxylic acids is 1. The van der Waals surface area contributed by atoms with E-state index in [1.165, 1.54) is 4.57 Å². The fourth-order valence-corrected chi connectivity index (χ4v) is 4.44. The lowest BCUT2D eigenvalue weighted by atomic mass is 10.1. The molecular formula is C31H40N8O5. The number of nitrogens with zero attached hydrogens (tertiary/aromatic N) is 5. The Hall–Kier alpha value is -4.91. The van der Waals surface area contributed by atoms with E-state index in [2.05, 4.69) is 32.5 Å². The number of imidazole rings is 1. The number of ether oxygens (including phenoxy) is 1. The molecule has 0 radical (unpaired) electrons. The number of hydrogen-bond donors (Lipinski definition) is 5. The molecule has 2 amide bonds. The molecule has 0 bridgehead atoms. The van der Waals surface area contributed by atoms with Crippen molar-refractivity contribution in [3.05, 3.63) is 65.7 Å². The molecule has 0 unspecified atom stereocenters. The number of nitrogens with two attached hydrogens (primary N) is 1. The summed E-state index contributed by atoms with van der Waals surface area (Å²) in [6.07, 6.45) is 0.722. The summed E-state index contributed by atoms with van der Waals surface area (Å²) in [5.74, 6) is -0.00190. The molecule has 6 N–H and O–H groups in total. The Morgan fingerprint density at radius 1 is 1.05 bits per heavy atom. The molecular weight excluding hydrogens is 564 g/mol. The monoisotopic (exact) mass is 604 g/mol. The molecule has 13 nitrogen and oxygen atoms in total. The predicted molar refractivity (Wildman–Crippen MR) is 168 cm³/mol. The maximum atomic E-state index is 13.5. The van der Waals surface area contributed by atoms with E-state index in [0.29, 0.717) is 29.3 Å². The van der Waals surface area contributed by atoms with Gasteiger partial charge in [0, 0.05) is 18.8 Å². The highest BCUT2D eigenvalue weighted by atomic mass is 16.5. The normalized spacial score (nSPS) is 12.2. The lowest BCUT2D eigenvalue weighted by Gasteiger charge is -2.31. The zero-order valence-electron chi connectivity index (χ0n) is 25.4. The van der Waals surface area contributed by atoms with Crippen LogP contribution in [0.15, 0.2) is 54.6 Å². The van der Waals surface area contributed by atoms with E-state index in [1.54, 1.807) is 36.4 Å². The molecule has 0 fully saturated rings. The summed E-state index contributed by atoms with van der Waals surface area (Å²) >= 11 is 0. The second-order valence-corrected chi connectivity index (χ2v) is 11.4. The van der Waals surface area contributed by atoms with Crippen molar-refractivity contribution < 1.29 is 24.5 Å². The largest absolute Gasteiger partial charge is 0.480 e. The Morgan fingerprint density at radius 3 is 2.39 bits per heavy atom. The zero-order valence-corrected chi connectivity index (χ0v) is 25.4. The van der Waals surface area contributed by atoms with E-state index < -0.39 is 23.6 Å². The van der Waals surface area contributed by atoms with Crippen molar-refractivity contribution >= 4 is 40.6 Å². The fourth-order valence-electron chi connectivity index (χ4n) is 4.44. The average Bonchev–Trinajstić information content (AvgIpc) is 3.28. The van der Waals surface area contributed by atoms with Gasteiger partial charge in [0.1, 0.15) is 6.04 Å². The molecule has 4 aromatic rings. The summed E-state index contributed by atoms with van der Waals surface area (Å²) in [5, 5.41) is 26.6. The molecule has 13 heteroatoms. The Morgan fingerprint density at radius 2 is 1.75 bits per heavy atom. The van der Waals surface area contributed by atoms with Crippen molar-refractivity contribution in [2.24, 2.45) is 0 Å². The van der Waals surface area contributed by atoms with Crippen molar-refractivity contribution in [1.82, 2.24) is 24.4 Å². The summed E-state index contributed by atoms with van der Waals surface area (Å²) in [5.41, 5.74) is 8.21. The highest BCUT2D eigenvalue weighted by molar-refractivity contribution is 5.96. The fraction of sp³-hybridized carbons (Fsp3) is 0.387. The number of aromatic nitrogens is 4. The number of hydrogen-bond acceptors (Lipinski definition) is 9. The first-order valence-electron chi connectivity index (χ1n) is 14.5. The van der Waals surface area contributed by atoms with Crippen molar-refractivity contribution in [2.45, 2.75) is 65.3 Å². The molecule has 44 heavy (non-hydrogen) atoms. The topological polar surface area (TPSA) is 181 Å². The summed E-state index contributed by atoms with van der Waals surface area (Å²) in [6, 6.07) is 14.7. The van der Waals surface area contributed by atoms with Gasteiger partial charge in [-0.3, -0.25) is 14.3 Å². The number of nitrogen functional groups attached to an aromatic ring is 1. The van der Waals surface area contributed by atoms with Crippen LogP contribution in [0.5, 0.6) is 6.01 Å². The van der Waals surface area contributed by atoms with Gasteiger partial charge in [-0.2, -0.15) is 15.0 Å². The van der Waals surface area contributed by atoms with Gasteiger partial charge in [0.25, 0.3) is 6.01 Å². The molecule has 0 aliphatic carbocycles. The highest BCUT2D eigenvalue weighted by Gasteiger charge is 2.32. The van der Waals surface area contributed by atoms with Crippen molar-refractivity contribution in [2.75, 3.05) is 29.5 Å². The third-order valence-electron chi connectivity index (χ3n) is 6.77. The van der Waals surface area contributed by atoms with Crippen molar-refractivity contribution in [3.8, 4) is 6.01 Å². The van der Waals surface area contributed by atoms with Gasteiger partial charge in [0.15, 0.2) is 17.0 Å². The minimum atomic E-state index is -1.23. The summed E-state index contributed by atoms with van der Waals surface area (Å²) in [7, 11) is 0. The number of carbonyl (C=O) groups is 2. The average molecular weight is 605 g/mol. The summed E-state index contributed by atoms with van der Waals surface area (Å²) < 4.78 is 7.39. The van der Waals surface area contributed by atoms with E-state index in [0.717, 1.165) is 28.9 Å². The van der Waals surface area contributed by atoms with Gasteiger partial charge < -0.3 is 31.3 Å². The first-order chi connectivity index (χ1) is 20.9. The summed E-state index contributed by atoms with van der Waals surface area (Å²) in [6.45, 7) is 8.42. The number of nitrogens with one attached hydrogen (secondary N) is 2. The minimum Gasteiger partial charge on any atom is -0.480 e. The molecule has 0 spiro atoms. The molecule has 0 saturated heterocycles. The molecule has 2 heterocycles. The molecule has 0 aliphatic heterocycles. The van der Waals surface area contributed by atoms with Gasteiger partial charge in [0.05, 0.1) is 18.8 Å². The molecule has 4 rings (SSSR count). The van der Waals surface area contributed by atoms with Crippen LogP contribution in [0.2, 0.25) is 0 Å². The van der Waals surface area contributed by atoms with Crippen molar-refractivity contribution in [3.63, 3.8) is 0 Å². The van der Waals surface area contributed by atoms with E-state index in [9.17, 15) is 19.8 Å². The number of benzene rings is 2.